The van der Waals surface area contributed by atoms with E-state index in [2.05, 4.69) is 25.2 Å². The van der Waals surface area contributed by atoms with Crippen LogP contribution in [0.5, 0.6) is 0 Å². The molecule has 2 amide bonds. The third kappa shape index (κ3) is 5.47. The lowest BCUT2D eigenvalue weighted by Crippen LogP contribution is -2.56. The van der Waals surface area contributed by atoms with Crippen molar-refractivity contribution in [3.8, 4) is 0 Å². The molecule has 10 nitrogen and oxygen atoms in total. The molecule has 3 aliphatic heterocycles. The van der Waals surface area contributed by atoms with Crippen molar-refractivity contribution in [1.82, 2.24) is 29.9 Å². The van der Waals surface area contributed by atoms with E-state index in [0.29, 0.717) is 44.7 Å². The quantitative estimate of drug-likeness (QED) is 0.611. The first-order valence-corrected chi connectivity index (χ1v) is 10.9. The van der Waals surface area contributed by atoms with E-state index < -0.39 is 36.0 Å². The Kier molecular flexibility index (Phi) is 6.63. The Morgan fingerprint density at radius 3 is 2.23 bits per heavy atom. The number of ether oxygens (including phenoxy) is 2. The van der Waals surface area contributed by atoms with Gasteiger partial charge < -0.3 is 24.3 Å². The molecule has 1 aromatic rings. The van der Waals surface area contributed by atoms with Crippen LogP contribution >= 0.6 is 0 Å². The Labute approximate surface area is 195 Å². The molecule has 2 saturated heterocycles. The van der Waals surface area contributed by atoms with Gasteiger partial charge in [0.1, 0.15) is 5.82 Å². The van der Waals surface area contributed by atoms with Gasteiger partial charge in [0, 0.05) is 31.7 Å². The normalized spacial score (nSPS) is 21.4. The van der Waals surface area contributed by atoms with Crippen LogP contribution in [-0.4, -0.2) is 99.5 Å². The van der Waals surface area contributed by atoms with Crippen LogP contribution in [-0.2, 0) is 22.6 Å². The highest BCUT2D eigenvalue weighted by molar-refractivity contribution is 5.91. The van der Waals surface area contributed by atoms with Crippen LogP contribution in [0.15, 0.2) is 0 Å². The summed E-state index contributed by atoms with van der Waals surface area (Å²) < 4.78 is 86.6. The SMILES string of the molecule is CC1(NC(=O)c2nnc3n2CCN(C2COC2)C3)CCN(C(=O)OC(C(F)(F)F)C(F)(F)F)CC1. The number of nitrogens with zero attached hydrogens (tertiary/aromatic N) is 5. The second-order valence-electron chi connectivity index (χ2n) is 9.10. The molecule has 1 N–H and O–H groups in total. The summed E-state index contributed by atoms with van der Waals surface area (Å²) in [6.45, 7) is 4.31. The van der Waals surface area contributed by atoms with Gasteiger partial charge in [-0.1, -0.05) is 0 Å². The molecule has 0 aromatic carbocycles. The summed E-state index contributed by atoms with van der Waals surface area (Å²) in [7, 11) is 0. The summed E-state index contributed by atoms with van der Waals surface area (Å²) in [5.74, 6) is 0.252. The fourth-order valence-corrected chi connectivity index (χ4v) is 4.22. The van der Waals surface area contributed by atoms with Crippen molar-refractivity contribution in [3.05, 3.63) is 11.6 Å². The third-order valence-corrected chi connectivity index (χ3v) is 6.48. The number of amides is 2. The molecule has 4 rings (SSSR count). The number of alkyl halides is 6. The van der Waals surface area contributed by atoms with Crippen molar-refractivity contribution in [3.63, 3.8) is 0 Å². The molecule has 0 saturated carbocycles. The van der Waals surface area contributed by atoms with E-state index in [-0.39, 0.29) is 31.8 Å². The first kappa shape index (κ1) is 25.5. The molecule has 0 aliphatic carbocycles. The van der Waals surface area contributed by atoms with Gasteiger partial charge in [-0.3, -0.25) is 9.69 Å². The molecule has 0 spiro atoms. The van der Waals surface area contributed by atoms with Crippen LogP contribution < -0.4 is 5.32 Å². The number of halogens is 6. The van der Waals surface area contributed by atoms with E-state index >= 15 is 0 Å². The molecule has 4 heterocycles. The van der Waals surface area contributed by atoms with Crippen molar-refractivity contribution in [1.29, 1.82) is 0 Å². The maximum atomic E-state index is 12.9. The average Bonchev–Trinajstić information content (AvgIpc) is 3.12. The minimum Gasteiger partial charge on any atom is -0.426 e. The van der Waals surface area contributed by atoms with Crippen molar-refractivity contribution < 1.29 is 45.4 Å². The topological polar surface area (TPSA) is 102 Å². The van der Waals surface area contributed by atoms with E-state index in [1.54, 1.807) is 11.5 Å². The summed E-state index contributed by atoms with van der Waals surface area (Å²) in [5, 5.41) is 10.9. The number of rotatable bonds is 4. The number of likely N-dealkylation sites (tertiary alicyclic amines) is 1. The maximum Gasteiger partial charge on any atom is 0.434 e. The average molecular weight is 514 g/mol. The number of piperidine rings is 1. The summed E-state index contributed by atoms with van der Waals surface area (Å²) in [4.78, 5) is 27.8. The van der Waals surface area contributed by atoms with Gasteiger partial charge in [0.25, 0.3) is 12.0 Å². The van der Waals surface area contributed by atoms with Crippen LogP contribution in [0.25, 0.3) is 0 Å². The zero-order chi connectivity index (χ0) is 25.6. The minimum atomic E-state index is -5.79. The number of fused-ring (bicyclic) bond motifs is 1. The summed E-state index contributed by atoms with van der Waals surface area (Å²) in [5.41, 5.74) is -0.863. The van der Waals surface area contributed by atoms with Crippen molar-refractivity contribution in [2.24, 2.45) is 0 Å². The molecular formula is C19H24F6N6O4. The number of carbonyl (C=O) groups excluding carboxylic acids is 2. The van der Waals surface area contributed by atoms with Crippen molar-refractivity contribution in [2.75, 3.05) is 32.8 Å². The predicted molar refractivity (Wildman–Crippen MR) is 104 cm³/mol. The molecule has 0 atom stereocenters. The van der Waals surface area contributed by atoms with E-state index in [1.807, 2.05) is 0 Å². The van der Waals surface area contributed by atoms with E-state index in [9.17, 15) is 35.9 Å². The summed E-state index contributed by atoms with van der Waals surface area (Å²) in [6, 6.07) is 0.316. The number of aromatic nitrogens is 3. The van der Waals surface area contributed by atoms with Crippen LogP contribution in [0.4, 0.5) is 31.1 Å². The lowest BCUT2D eigenvalue weighted by Gasteiger charge is -2.40. The Bertz CT molecular complexity index is 941. The first-order valence-electron chi connectivity index (χ1n) is 10.9. The fourth-order valence-electron chi connectivity index (χ4n) is 4.22. The minimum absolute atomic E-state index is 0.0903. The largest absolute Gasteiger partial charge is 0.434 e. The highest BCUT2D eigenvalue weighted by Crippen LogP contribution is 2.36. The Hall–Kier alpha value is -2.62. The van der Waals surface area contributed by atoms with Gasteiger partial charge in [0.05, 0.1) is 25.8 Å². The Balaban J connectivity index is 1.32. The Morgan fingerprint density at radius 2 is 1.69 bits per heavy atom. The highest BCUT2D eigenvalue weighted by Gasteiger charge is 2.60. The van der Waals surface area contributed by atoms with E-state index in [4.69, 9.17) is 4.74 Å². The van der Waals surface area contributed by atoms with Gasteiger partial charge >= 0.3 is 18.4 Å². The lowest BCUT2D eigenvalue weighted by atomic mass is 9.89. The van der Waals surface area contributed by atoms with Crippen LogP contribution in [0.3, 0.4) is 0 Å². The number of carbonyl (C=O) groups is 2. The van der Waals surface area contributed by atoms with E-state index in [1.165, 1.54) is 0 Å². The second-order valence-corrected chi connectivity index (χ2v) is 9.10. The smallest absolute Gasteiger partial charge is 0.426 e. The zero-order valence-electron chi connectivity index (χ0n) is 18.7. The second kappa shape index (κ2) is 9.11. The molecule has 196 valence electrons. The third-order valence-electron chi connectivity index (χ3n) is 6.48. The van der Waals surface area contributed by atoms with Gasteiger partial charge in [-0.15, -0.1) is 10.2 Å². The monoisotopic (exact) mass is 514 g/mol. The maximum absolute atomic E-state index is 12.9. The number of nitrogens with one attached hydrogen (secondary N) is 1. The molecule has 1 aromatic heterocycles. The lowest BCUT2D eigenvalue weighted by molar-refractivity contribution is -0.308. The molecule has 3 aliphatic rings. The zero-order valence-corrected chi connectivity index (χ0v) is 18.7. The molecule has 0 radical (unpaired) electrons. The van der Waals surface area contributed by atoms with E-state index in [0.717, 1.165) is 4.90 Å². The van der Waals surface area contributed by atoms with Gasteiger partial charge in [0.15, 0.2) is 0 Å². The van der Waals surface area contributed by atoms with Crippen molar-refractivity contribution in [2.45, 2.75) is 62.9 Å². The molecular weight excluding hydrogens is 490 g/mol. The predicted octanol–water partition coefficient (Wildman–Crippen LogP) is 1.71. The standard InChI is InChI=1S/C19H24F6N6O4/c1-17(2-4-29(5-3-17)16(33)35-15(18(20,21)22)19(23,24)25)26-14(32)13-28-27-12-8-30(6-7-31(12)13)11-9-34-10-11/h11,15H,2-10H2,1H3,(H,26,32). The first-order chi connectivity index (χ1) is 16.3. The number of hydrogen-bond donors (Lipinski definition) is 1. The highest BCUT2D eigenvalue weighted by atomic mass is 19.4. The van der Waals surface area contributed by atoms with Gasteiger partial charge in [-0.25, -0.2) is 4.79 Å². The van der Waals surface area contributed by atoms with Crippen LogP contribution in [0.2, 0.25) is 0 Å². The molecule has 16 heteroatoms. The molecule has 0 bridgehead atoms. The van der Waals surface area contributed by atoms with Crippen LogP contribution in [0, 0.1) is 0 Å². The van der Waals surface area contributed by atoms with Crippen LogP contribution in [0.1, 0.15) is 36.2 Å². The molecule has 2 fully saturated rings. The summed E-state index contributed by atoms with van der Waals surface area (Å²) >= 11 is 0. The number of hydrogen-bond acceptors (Lipinski definition) is 7. The van der Waals surface area contributed by atoms with Gasteiger partial charge in [-0.2, -0.15) is 26.3 Å². The van der Waals surface area contributed by atoms with Crippen molar-refractivity contribution >= 4 is 12.0 Å². The fraction of sp³-hybridized carbons (Fsp3) is 0.789. The summed E-state index contributed by atoms with van der Waals surface area (Å²) in [6.07, 6.45) is -17.3. The molecule has 35 heavy (non-hydrogen) atoms. The Morgan fingerprint density at radius 1 is 1.06 bits per heavy atom. The van der Waals surface area contributed by atoms with Gasteiger partial charge in [-0.05, 0) is 19.8 Å². The van der Waals surface area contributed by atoms with Gasteiger partial charge in [0.2, 0.25) is 5.82 Å². The molecule has 0 unspecified atom stereocenters.